The summed E-state index contributed by atoms with van der Waals surface area (Å²) in [5.74, 6) is 1.66. The van der Waals surface area contributed by atoms with Gasteiger partial charge < -0.3 is 4.90 Å². The molecule has 0 saturated heterocycles. The summed E-state index contributed by atoms with van der Waals surface area (Å²) in [6.45, 7) is 6.98. The van der Waals surface area contributed by atoms with Gasteiger partial charge in [-0.2, -0.15) is 0 Å². The Morgan fingerprint density at radius 2 is 1.89 bits per heavy atom. The van der Waals surface area contributed by atoms with Gasteiger partial charge in [0.1, 0.15) is 5.78 Å². The molecule has 2 nitrogen and oxygen atoms in total. The average Bonchev–Trinajstić information content (AvgIpc) is 2.95. The van der Waals surface area contributed by atoms with Crippen molar-refractivity contribution in [1.29, 1.82) is 0 Å². The topological polar surface area (TPSA) is 20.3 Å². The summed E-state index contributed by atoms with van der Waals surface area (Å²) in [7, 11) is 0. The van der Waals surface area contributed by atoms with E-state index < -0.39 is 0 Å². The largest absolute Gasteiger partial charge is 0.300 e. The molecule has 0 N–H and O–H groups in total. The number of hydrogen-bond acceptors (Lipinski definition) is 2. The van der Waals surface area contributed by atoms with Gasteiger partial charge in [-0.1, -0.05) is 26.7 Å². The lowest BCUT2D eigenvalue weighted by molar-refractivity contribution is -0.120. The highest BCUT2D eigenvalue weighted by Gasteiger charge is 2.27. The van der Waals surface area contributed by atoms with Crippen molar-refractivity contribution in [3.63, 3.8) is 0 Å². The molecule has 0 heterocycles. The Kier molecular flexibility index (Phi) is 5.23. The molecule has 2 aliphatic rings. The number of rotatable bonds is 6. The van der Waals surface area contributed by atoms with Crippen LogP contribution < -0.4 is 0 Å². The Labute approximate surface area is 112 Å². The summed E-state index contributed by atoms with van der Waals surface area (Å²) in [5.41, 5.74) is 0. The summed E-state index contributed by atoms with van der Waals surface area (Å²) < 4.78 is 0. The van der Waals surface area contributed by atoms with E-state index in [9.17, 15) is 4.79 Å². The fourth-order valence-corrected chi connectivity index (χ4v) is 3.68. The van der Waals surface area contributed by atoms with Crippen molar-refractivity contribution in [2.24, 2.45) is 11.8 Å². The number of nitrogens with zero attached hydrogens (tertiary/aromatic N) is 1. The van der Waals surface area contributed by atoms with Crippen LogP contribution in [0, 0.1) is 11.8 Å². The van der Waals surface area contributed by atoms with Crippen molar-refractivity contribution < 1.29 is 4.79 Å². The molecule has 1 unspecified atom stereocenters. The van der Waals surface area contributed by atoms with Gasteiger partial charge in [-0.05, 0) is 44.6 Å². The van der Waals surface area contributed by atoms with Crippen LogP contribution in [0.15, 0.2) is 0 Å². The second-order valence-electron chi connectivity index (χ2n) is 6.67. The van der Waals surface area contributed by atoms with Crippen LogP contribution in [0.5, 0.6) is 0 Å². The van der Waals surface area contributed by atoms with Gasteiger partial charge in [0.05, 0.1) is 0 Å². The molecule has 0 aromatic heterocycles. The van der Waals surface area contributed by atoms with E-state index in [0.717, 1.165) is 44.2 Å². The molecule has 0 aromatic carbocycles. The maximum atomic E-state index is 11.7. The van der Waals surface area contributed by atoms with Crippen molar-refractivity contribution in [2.45, 2.75) is 71.3 Å². The van der Waals surface area contributed by atoms with Gasteiger partial charge in [0.15, 0.2) is 0 Å². The Hall–Kier alpha value is -0.370. The average molecular weight is 251 g/mol. The maximum Gasteiger partial charge on any atom is 0.136 e. The van der Waals surface area contributed by atoms with E-state index in [4.69, 9.17) is 0 Å². The quantitative estimate of drug-likeness (QED) is 0.718. The van der Waals surface area contributed by atoms with Crippen LogP contribution in [-0.2, 0) is 4.79 Å². The number of ketones is 1. The summed E-state index contributed by atoms with van der Waals surface area (Å²) in [6.07, 6.45) is 9.82. The minimum absolute atomic E-state index is 0.390. The SMILES string of the molecule is CC(C)CN(CCC1CCCC1=O)C1CCCC1. The summed E-state index contributed by atoms with van der Waals surface area (Å²) in [4.78, 5) is 14.4. The lowest BCUT2D eigenvalue weighted by Crippen LogP contribution is -2.37. The van der Waals surface area contributed by atoms with Gasteiger partial charge in [0, 0.05) is 24.9 Å². The predicted octanol–water partition coefficient (Wildman–Crippen LogP) is 3.65. The standard InChI is InChI=1S/C16H29NO/c1-13(2)12-17(15-7-3-4-8-15)11-10-14-6-5-9-16(14)18/h13-15H,3-12H2,1-2H3. The van der Waals surface area contributed by atoms with Gasteiger partial charge >= 0.3 is 0 Å². The van der Waals surface area contributed by atoms with Crippen LogP contribution in [-0.4, -0.2) is 29.8 Å². The first-order valence-electron chi connectivity index (χ1n) is 7.93. The van der Waals surface area contributed by atoms with E-state index in [1.807, 2.05) is 0 Å². The monoisotopic (exact) mass is 251 g/mol. The van der Waals surface area contributed by atoms with E-state index in [0.29, 0.717) is 11.7 Å². The van der Waals surface area contributed by atoms with Crippen LogP contribution >= 0.6 is 0 Å². The van der Waals surface area contributed by atoms with E-state index in [1.165, 1.54) is 32.2 Å². The summed E-state index contributed by atoms with van der Waals surface area (Å²) in [6, 6.07) is 0.809. The Bertz CT molecular complexity index is 268. The first-order chi connectivity index (χ1) is 8.66. The molecule has 0 bridgehead atoms. The van der Waals surface area contributed by atoms with Crippen LogP contribution in [0.2, 0.25) is 0 Å². The van der Waals surface area contributed by atoms with E-state index in [-0.39, 0.29) is 0 Å². The van der Waals surface area contributed by atoms with Gasteiger partial charge in [0.2, 0.25) is 0 Å². The zero-order valence-corrected chi connectivity index (χ0v) is 12.2. The fourth-order valence-electron chi connectivity index (χ4n) is 3.68. The molecule has 18 heavy (non-hydrogen) atoms. The zero-order chi connectivity index (χ0) is 13.0. The molecule has 2 fully saturated rings. The molecule has 2 aliphatic carbocycles. The van der Waals surface area contributed by atoms with Gasteiger partial charge in [-0.3, -0.25) is 4.79 Å². The molecule has 0 spiro atoms. The molecule has 0 amide bonds. The number of hydrogen-bond donors (Lipinski definition) is 0. The second-order valence-corrected chi connectivity index (χ2v) is 6.67. The molecule has 104 valence electrons. The van der Waals surface area contributed by atoms with Crippen molar-refractivity contribution in [3.8, 4) is 0 Å². The van der Waals surface area contributed by atoms with Gasteiger partial charge in [-0.15, -0.1) is 0 Å². The highest BCUT2D eigenvalue weighted by Crippen LogP contribution is 2.28. The normalized spacial score (nSPS) is 25.8. The van der Waals surface area contributed by atoms with Gasteiger partial charge in [-0.25, -0.2) is 0 Å². The Morgan fingerprint density at radius 1 is 1.17 bits per heavy atom. The summed E-state index contributed by atoms with van der Waals surface area (Å²) >= 11 is 0. The van der Waals surface area contributed by atoms with Crippen LogP contribution in [0.3, 0.4) is 0 Å². The van der Waals surface area contributed by atoms with Crippen LogP contribution in [0.25, 0.3) is 0 Å². The smallest absolute Gasteiger partial charge is 0.136 e. The Balaban J connectivity index is 1.82. The lowest BCUT2D eigenvalue weighted by atomic mass is 10.0. The van der Waals surface area contributed by atoms with Crippen LogP contribution in [0.4, 0.5) is 0 Å². The molecule has 2 saturated carbocycles. The molecule has 2 rings (SSSR count). The summed E-state index contributed by atoms with van der Waals surface area (Å²) in [5, 5.41) is 0. The highest BCUT2D eigenvalue weighted by atomic mass is 16.1. The second kappa shape index (κ2) is 6.70. The van der Waals surface area contributed by atoms with Crippen molar-refractivity contribution in [3.05, 3.63) is 0 Å². The third kappa shape index (κ3) is 3.81. The van der Waals surface area contributed by atoms with E-state index >= 15 is 0 Å². The van der Waals surface area contributed by atoms with E-state index in [1.54, 1.807) is 0 Å². The number of carbonyl (C=O) groups is 1. The minimum Gasteiger partial charge on any atom is -0.300 e. The zero-order valence-electron chi connectivity index (χ0n) is 12.2. The molecule has 2 heteroatoms. The van der Waals surface area contributed by atoms with E-state index in [2.05, 4.69) is 18.7 Å². The number of Topliss-reactive ketones (excluding diaryl/α,β-unsaturated/α-hetero) is 1. The lowest BCUT2D eigenvalue weighted by Gasteiger charge is -2.31. The number of carbonyl (C=O) groups excluding carboxylic acids is 1. The van der Waals surface area contributed by atoms with Crippen molar-refractivity contribution >= 4 is 5.78 Å². The minimum atomic E-state index is 0.390. The van der Waals surface area contributed by atoms with Crippen molar-refractivity contribution in [1.82, 2.24) is 4.90 Å². The van der Waals surface area contributed by atoms with Crippen molar-refractivity contribution in [2.75, 3.05) is 13.1 Å². The molecule has 0 aliphatic heterocycles. The highest BCUT2D eigenvalue weighted by molar-refractivity contribution is 5.82. The molecular formula is C16H29NO. The molecule has 1 atom stereocenters. The maximum absolute atomic E-state index is 11.7. The first-order valence-corrected chi connectivity index (χ1v) is 7.93. The molecular weight excluding hydrogens is 222 g/mol. The first kappa shape index (κ1) is 14.0. The van der Waals surface area contributed by atoms with Crippen LogP contribution in [0.1, 0.15) is 65.2 Å². The molecule has 0 aromatic rings. The van der Waals surface area contributed by atoms with Gasteiger partial charge in [0.25, 0.3) is 0 Å². The molecule has 0 radical (unpaired) electrons. The predicted molar refractivity (Wildman–Crippen MR) is 75.6 cm³/mol. The fraction of sp³-hybridized carbons (Fsp3) is 0.938. The third-order valence-electron chi connectivity index (χ3n) is 4.64. The Morgan fingerprint density at radius 3 is 2.44 bits per heavy atom. The third-order valence-corrected chi connectivity index (χ3v) is 4.64.